The van der Waals surface area contributed by atoms with Gasteiger partial charge in [-0.2, -0.15) is 0 Å². The Kier molecular flexibility index (Phi) is 5.29. The number of urea groups is 1. The molecule has 1 heterocycles. The average molecular weight is 413 g/mol. The van der Waals surface area contributed by atoms with Crippen molar-refractivity contribution in [3.8, 4) is 0 Å². The quantitative estimate of drug-likeness (QED) is 0.615. The van der Waals surface area contributed by atoms with E-state index in [1.54, 1.807) is 43.3 Å². The van der Waals surface area contributed by atoms with Gasteiger partial charge >= 0.3 is 6.03 Å². The van der Waals surface area contributed by atoms with Crippen LogP contribution >= 0.6 is 0 Å². The Labute approximate surface area is 180 Å². The maximum absolute atomic E-state index is 13.2. The van der Waals surface area contributed by atoms with E-state index in [1.165, 1.54) is 4.90 Å². The highest BCUT2D eigenvalue weighted by molar-refractivity contribution is 6.07. The minimum absolute atomic E-state index is 0.0819. The van der Waals surface area contributed by atoms with Crippen molar-refractivity contribution in [1.82, 2.24) is 10.2 Å². The summed E-state index contributed by atoms with van der Waals surface area (Å²) in [5, 5.41) is 5.67. The highest BCUT2D eigenvalue weighted by atomic mass is 16.2. The Hall–Kier alpha value is -3.93. The van der Waals surface area contributed by atoms with Crippen LogP contribution < -0.4 is 10.6 Å². The second-order valence-corrected chi connectivity index (χ2v) is 7.78. The van der Waals surface area contributed by atoms with Gasteiger partial charge in [0.05, 0.1) is 6.54 Å². The van der Waals surface area contributed by atoms with Crippen molar-refractivity contribution in [2.24, 2.45) is 0 Å². The van der Waals surface area contributed by atoms with Crippen LogP contribution in [0.4, 0.5) is 10.5 Å². The molecule has 0 bridgehead atoms. The third kappa shape index (κ3) is 3.92. The van der Waals surface area contributed by atoms with Crippen LogP contribution in [0.25, 0.3) is 0 Å². The average Bonchev–Trinajstić information content (AvgIpc) is 2.98. The normalized spacial score (nSPS) is 18.1. The van der Waals surface area contributed by atoms with Crippen LogP contribution in [0.15, 0.2) is 78.9 Å². The third-order valence-corrected chi connectivity index (χ3v) is 5.52. The first-order valence-corrected chi connectivity index (χ1v) is 10.0. The van der Waals surface area contributed by atoms with Gasteiger partial charge in [-0.1, -0.05) is 54.6 Å². The Morgan fingerprint density at radius 3 is 2.42 bits per heavy atom. The zero-order valence-electron chi connectivity index (χ0n) is 17.4. The molecule has 1 atom stereocenters. The number of carbonyl (C=O) groups excluding carboxylic acids is 3. The molecule has 0 saturated carbocycles. The van der Waals surface area contributed by atoms with Crippen LogP contribution in [-0.4, -0.2) is 22.7 Å². The lowest BCUT2D eigenvalue weighted by atomic mass is 9.88. The molecule has 1 fully saturated rings. The molecule has 1 aliphatic rings. The second-order valence-electron chi connectivity index (χ2n) is 7.78. The Morgan fingerprint density at radius 1 is 0.968 bits per heavy atom. The van der Waals surface area contributed by atoms with Crippen LogP contribution in [0.2, 0.25) is 0 Å². The number of para-hydroxylation sites is 1. The standard InChI is InChI=1S/C25H23N3O3/c1-17-9-6-7-14-21(17)25(2)23(30)28(24(31)27-25)16-18-10-8-11-19(15-18)22(29)26-20-12-4-3-5-13-20/h3-15H,16H2,1-2H3,(H,26,29)(H,27,31). The number of nitrogens with zero attached hydrogens (tertiary/aromatic N) is 1. The van der Waals surface area contributed by atoms with Crippen LogP contribution in [-0.2, 0) is 16.9 Å². The fraction of sp³-hybridized carbons (Fsp3) is 0.160. The lowest BCUT2D eigenvalue weighted by Crippen LogP contribution is -2.41. The van der Waals surface area contributed by atoms with E-state index in [-0.39, 0.29) is 18.4 Å². The van der Waals surface area contributed by atoms with Gasteiger partial charge in [0.25, 0.3) is 11.8 Å². The molecule has 31 heavy (non-hydrogen) atoms. The van der Waals surface area contributed by atoms with Gasteiger partial charge in [0.1, 0.15) is 5.54 Å². The fourth-order valence-electron chi connectivity index (χ4n) is 3.88. The van der Waals surface area contributed by atoms with Crippen molar-refractivity contribution >= 4 is 23.5 Å². The molecule has 0 spiro atoms. The summed E-state index contributed by atoms with van der Waals surface area (Å²) >= 11 is 0. The molecule has 0 radical (unpaired) electrons. The van der Waals surface area contributed by atoms with Crippen LogP contribution in [0.5, 0.6) is 0 Å². The summed E-state index contributed by atoms with van der Waals surface area (Å²) in [5.74, 6) is -0.569. The van der Waals surface area contributed by atoms with E-state index in [0.29, 0.717) is 16.8 Å². The van der Waals surface area contributed by atoms with E-state index >= 15 is 0 Å². The molecule has 1 aliphatic heterocycles. The monoisotopic (exact) mass is 413 g/mol. The molecule has 0 aliphatic carbocycles. The molecular weight excluding hydrogens is 390 g/mol. The van der Waals surface area contributed by atoms with E-state index in [1.807, 2.05) is 49.4 Å². The second kappa shape index (κ2) is 8.07. The number of hydrogen-bond donors (Lipinski definition) is 2. The molecule has 4 rings (SSSR count). The molecule has 3 aromatic carbocycles. The van der Waals surface area contributed by atoms with Crippen LogP contribution in [0.3, 0.4) is 0 Å². The van der Waals surface area contributed by atoms with Crippen molar-refractivity contribution in [2.45, 2.75) is 25.9 Å². The minimum Gasteiger partial charge on any atom is -0.322 e. The molecule has 3 aromatic rings. The Balaban J connectivity index is 1.54. The van der Waals surface area contributed by atoms with Crippen LogP contribution in [0, 0.1) is 6.92 Å². The number of aryl methyl sites for hydroxylation is 1. The van der Waals surface area contributed by atoms with Gasteiger partial charge in [0.15, 0.2) is 0 Å². The molecule has 156 valence electrons. The first kappa shape index (κ1) is 20.3. The van der Waals surface area contributed by atoms with Crippen LogP contribution in [0.1, 0.15) is 34.0 Å². The molecule has 1 saturated heterocycles. The summed E-state index contributed by atoms with van der Waals surface area (Å²) in [5.41, 5.74) is 2.42. The third-order valence-electron chi connectivity index (χ3n) is 5.52. The molecular formula is C25H23N3O3. The van der Waals surface area contributed by atoms with Crippen molar-refractivity contribution in [1.29, 1.82) is 0 Å². The molecule has 4 amide bonds. The summed E-state index contributed by atoms with van der Waals surface area (Å²) in [6.45, 7) is 3.72. The number of benzene rings is 3. The van der Waals surface area contributed by atoms with Crippen molar-refractivity contribution < 1.29 is 14.4 Å². The van der Waals surface area contributed by atoms with Gasteiger partial charge in [-0.15, -0.1) is 0 Å². The topological polar surface area (TPSA) is 78.5 Å². The number of nitrogens with one attached hydrogen (secondary N) is 2. The van der Waals surface area contributed by atoms with Crippen molar-refractivity contribution in [3.05, 3.63) is 101 Å². The largest absolute Gasteiger partial charge is 0.325 e. The zero-order valence-corrected chi connectivity index (χ0v) is 17.4. The maximum atomic E-state index is 13.2. The van der Waals surface area contributed by atoms with E-state index < -0.39 is 11.6 Å². The minimum atomic E-state index is -1.12. The SMILES string of the molecule is Cc1ccccc1C1(C)NC(=O)N(Cc2cccc(C(=O)Nc3ccccc3)c2)C1=O. The van der Waals surface area contributed by atoms with Gasteiger partial charge in [0.2, 0.25) is 0 Å². The Morgan fingerprint density at radius 2 is 1.68 bits per heavy atom. The predicted octanol–water partition coefficient (Wildman–Crippen LogP) is 4.21. The van der Waals surface area contributed by atoms with Gasteiger partial charge in [0, 0.05) is 11.3 Å². The fourth-order valence-corrected chi connectivity index (χ4v) is 3.88. The van der Waals surface area contributed by atoms with E-state index in [9.17, 15) is 14.4 Å². The van der Waals surface area contributed by atoms with Gasteiger partial charge < -0.3 is 10.6 Å². The zero-order chi connectivity index (χ0) is 22.0. The lowest BCUT2D eigenvalue weighted by molar-refractivity contribution is -0.131. The van der Waals surface area contributed by atoms with Crippen molar-refractivity contribution in [3.63, 3.8) is 0 Å². The number of anilines is 1. The summed E-state index contributed by atoms with van der Waals surface area (Å²) in [7, 11) is 0. The summed E-state index contributed by atoms with van der Waals surface area (Å²) in [4.78, 5) is 39.7. The summed E-state index contributed by atoms with van der Waals surface area (Å²) in [6, 6.07) is 23.2. The number of carbonyl (C=O) groups is 3. The van der Waals surface area contributed by atoms with Crippen molar-refractivity contribution in [2.75, 3.05) is 5.32 Å². The molecule has 0 aromatic heterocycles. The van der Waals surface area contributed by atoms with Gasteiger partial charge in [-0.3, -0.25) is 14.5 Å². The number of hydrogen-bond acceptors (Lipinski definition) is 3. The highest BCUT2D eigenvalue weighted by Crippen LogP contribution is 2.31. The number of imide groups is 1. The highest BCUT2D eigenvalue weighted by Gasteiger charge is 2.49. The Bertz CT molecular complexity index is 1160. The van der Waals surface area contributed by atoms with Gasteiger partial charge in [-0.05, 0) is 54.8 Å². The maximum Gasteiger partial charge on any atom is 0.325 e. The summed E-state index contributed by atoms with van der Waals surface area (Å²) in [6.07, 6.45) is 0. The number of rotatable bonds is 5. The lowest BCUT2D eigenvalue weighted by Gasteiger charge is -2.24. The van der Waals surface area contributed by atoms with Gasteiger partial charge in [-0.25, -0.2) is 4.79 Å². The molecule has 1 unspecified atom stereocenters. The molecule has 2 N–H and O–H groups in total. The smallest absolute Gasteiger partial charge is 0.322 e. The van der Waals surface area contributed by atoms with E-state index in [0.717, 1.165) is 11.1 Å². The molecule has 6 heteroatoms. The van der Waals surface area contributed by atoms with E-state index in [4.69, 9.17) is 0 Å². The summed E-state index contributed by atoms with van der Waals surface area (Å²) < 4.78 is 0. The first-order valence-electron chi connectivity index (χ1n) is 10.0. The predicted molar refractivity (Wildman–Crippen MR) is 118 cm³/mol. The molecule has 6 nitrogen and oxygen atoms in total. The van der Waals surface area contributed by atoms with E-state index in [2.05, 4.69) is 10.6 Å². The number of amides is 4. The first-order chi connectivity index (χ1) is 14.9.